The van der Waals surface area contributed by atoms with Gasteiger partial charge in [-0.1, -0.05) is 18.1 Å². The van der Waals surface area contributed by atoms with Crippen LogP contribution in [0.3, 0.4) is 0 Å². The zero-order valence-electron chi connectivity index (χ0n) is 10.8. The third kappa shape index (κ3) is 2.03. The van der Waals surface area contributed by atoms with Gasteiger partial charge in [0.25, 0.3) is 0 Å². The van der Waals surface area contributed by atoms with Crippen molar-refractivity contribution in [1.29, 1.82) is 0 Å². The maximum atomic E-state index is 11.8. The predicted molar refractivity (Wildman–Crippen MR) is 64.3 cm³/mol. The topological polar surface area (TPSA) is 43.4 Å². The quantitative estimate of drug-likeness (QED) is 0.558. The van der Waals surface area contributed by atoms with Gasteiger partial charge in [0, 0.05) is 5.92 Å². The summed E-state index contributed by atoms with van der Waals surface area (Å²) in [5.74, 6) is 0.397. The highest BCUT2D eigenvalue weighted by Crippen LogP contribution is 2.49. The minimum absolute atomic E-state index is 0.0675. The molecule has 0 aromatic heterocycles. The zero-order valence-corrected chi connectivity index (χ0v) is 10.8. The first-order valence-electron chi connectivity index (χ1n) is 6.45. The van der Waals surface area contributed by atoms with Crippen molar-refractivity contribution >= 4 is 11.8 Å². The minimum atomic E-state index is -0.109. The number of rotatable bonds is 3. The number of esters is 1. The summed E-state index contributed by atoms with van der Waals surface area (Å²) in [6.07, 6.45) is 2.79. The summed E-state index contributed by atoms with van der Waals surface area (Å²) >= 11 is 0. The van der Waals surface area contributed by atoms with E-state index in [4.69, 9.17) is 4.74 Å². The van der Waals surface area contributed by atoms with Crippen molar-refractivity contribution in [3.63, 3.8) is 0 Å². The molecule has 3 atom stereocenters. The van der Waals surface area contributed by atoms with Gasteiger partial charge in [-0.2, -0.15) is 0 Å². The maximum Gasteiger partial charge on any atom is 0.313 e. The van der Waals surface area contributed by atoms with Crippen molar-refractivity contribution in [2.75, 3.05) is 6.61 Å². The molecule has 0 heterocycles. The fourth-order valence-corrected chi connectivity index (χ4v) is 3.28. The van der Waals surface area contributed by atoms with Gasteiger partial charge in [-0.25, -0.2) is 0 Å². The monoisotopic (exact) mass is 236 g/mol. The molecule has 0 saturated heterocycles. The second kappa shape index (κ2) is 4.63. The Kier molecular flexibility index (Phi) is 3.36. The van der Waals surface area contributed by atoms with Crippen molar-refractivity contribution in [2.45, 2.75) is 40.0 Å². The van der Waals surface area contributed by atoms with E-state index in [0.29, 0.717) is 6.61 Å². The van der Waals surface area contributed by atoms with Crippen molar-refractivity contribution < 1.29 is 14.3 Å². The van der Waals surface area contributed by atoms with E-state index >= 15 is 0 Å². The molecule has 0 aliphatic heterocycles. The number of carbonyl (C=O) groups excluding carboxylic acids is 2. The van der Waals surface area contributed by atoms with E-state index in [1.807, 2.05) is 6.92 Å². The molecule has 0 N–H and O–H groups in total. The molecule has 3 nitrogen and oxygen atoms in total. The van der Waals surface area contributed by atoms with Gasteiger partial charge in [-0.15, -0.1) is 0 Å². The Morgan fingerprint density at radius 3 is 2.71 bits per heavy atom. The van der Waals surface area contributed by atoms with Crippen LogP contribution in [0.25, 0.3) is 0 Å². The van der Waals surface area contributed by atoms with Crippen LogP contribution in [0.15, 0.2) is 11.1 Å². The lowest BCUT2D eigenvalue weighted by molar-refractivity contribution is -0.148. The number of carbonyl (C=O) groups is 2. The molecule has 0 aromatic carbocycles. The predicted octanol–water partition coefficient (Wildman–Crippen LogP) is 2.50. The lowest BCUT2D eigenvalue weighted by Crippen LogP contribution is -2.38. The Balaban J connectivity index is 2.13. The molecule has 0 unspecified atom stereocenters. The van der Waals surface area contributed by atoms with Crippen LogP contribution in [0.4, 0.5) is 0 Å². The van der Waals surface area contributed by atoms with Gasteiger partial charge >= 0.3 is 5.97 Å². The van der Waals surface area contributed by atoms with Crippen molar-refractivity contribution in [1.82, 2.24) is 0 Å². The van der Waals surface area contributed by atoms with Crippen LogP contribution in [0.2, 0.25) is 0 Å². The summed E-state index contributed by atoms with van der Waals surface area (Å²) in [6.45, 7) is 5.99. The smallest absolute Gasteiger partial charge is 0.313 e. The SMILES string of the molecule is CCOC(=O)[C@@H]1CC2=C1[C@H](C)[C@H](C(C)=O)CC2. The number of ketones is 1. The van der Waals surface area contributed by atoms with Crippen LogP contribution in [-0.2, 0) is 14.3 Å². The summed E-state index contributed by atoms with van der Waals surface area (Å²) in [5.41, 5.74) is 2.60. The third-order valence-corrected chi connectivity index (χ3v) is 4.18. The van der Waals surface area contributed by atoms with Crippen LogP contribution in [0.5, 0.6) is 0 Å². The van der Waals surface area contributed by atoms with E-state index in [2.05, 4.69) is 6.92 Å². The van der Waals surface area contributed by atoms with Crippen molar-refractivity contribution in [3.05, 3.63) is 11.1 Å². The van der Waals surface area contributed by atoms with Crippen molar-refractivity contribution in [3.8, 4) is 0 Å². The number of ether oxygens (including phenoxy) is 1. The molecule has 0 spiro atoms. The Labute approximate surface area is 102 Å². The van der Waals surface area contributed by atoms with Crippen LogP contribution >= 0.6 is 0 Å². The van der Waals surface area contributed by atoms with Gasteiger partial charge < -0.3 is 4.74 Å². The minimum Gasteiger partial charge on any atom is -0.466 e. The van der Waals surface area contributed by atoms with Gasteiger partial charge in [0.15, 0.2) is 0 Å². The summed E-state index contributed by atoms with van der Waals surface area (Å²) in [6, 6.07) is 0. The molecule has 0 fully saturated rings. The van der Waals surface area contributed by atoms with E-state index in [9.17, 15) is 9.59 Å². The number of allylic oxidation sites excluding steroid dienone is 1. The Hall–Kier alpha value is -1.12. The highest BCUT2D eigenvalue weighted by atomic mass is 16.5. The first kappa shape index (κ1) is 12.3. The molecule has 17 heavy (non-hydrogen) atoms. The lowest BCUT2D eigenvalue weighted by atomic mass is 9.62. The highest BCUT2D eigenvalue weighted by Gasteiger charge is 2.44. The van der Waals surface area contributed by atoms with Gasteiger partial charge in [0.1, 0.15) is 5.78 Å². The Bertz CT molecular complexity index is 381. The maximum absolute atomic E-state index is 11.8. The van der Waals surface area contributed by atoms with E-state index in [0.717, 1.165) is 19.3 Å². The van der Waals surface area contributed by atoms with Gasteiger partial charge in [-0.05, 0) is 39.0 Å². The molecular formula is C14H20O3. The standard InChI is InChI=1S/C14H20O3/c1-4-17-14(16)12-7-10-5-6-11(9(3)15)8(2)13(10)12/h8,11-12H,4-7H2,1-3H3/t8-,11-,12-/m1/s1. The highest BCUT2D eigenvalue weighted by molar-refractivity contribution is 5.82. The molecular weight excluding hydrogens is 216 g/mol. The average Bonchev–Trinajstić information content (AvgIpc) is 2.20. The summed E-state index contributed by atoms with van der Waals surface area (Å²) in [5, 5.41) is 0. The van der Waals surface area contributed by atoms with Crippen molar-refractivity contribution in [2.24, 2.45) is 17.8 Å². The molecule has 0 saturated carbocycles. The molecule has 0 aromatic rings. The van der Waals surface area contributed by atoms with Gasteiger partial charge in [0.2, 0.25) is 0 Å². The first-order valence-corrected chi connectivity index (χ1v) is 6.45. The molecule has 0 amide bonds. The fourth-order valence-electron chi connectivity index (χ4n) is 3.28. The summed E-state index contributed by atoms with van der Waals surface area (Å²) < 4.78 is 5.08. The fraction of sp³-hybridized carbons (Fsp3) is 0.714. The third-order valence-electron chi connectivity index (χ3n) is 4.18. The molecule has 2 rings (SSSR count). The van der Waals surface area contributed by atoms with E-state index in [-0.39, 0.29) is 29.5 Å². The normalized spacial score (nSPS) is 31.6. The molecule has 0 radical (unpaired) electrons. The lowest BCUT2D eigenvalue weighted by Gasteiger charge is -2.42. The van der Waals surface area contributed by atoms with Crippen LogP contribution in [0.1, 0.15) is 40.0 Å². The van der Waals surface area contributed by atoms with E-state index in [1.54, 1.807) is 6.92 Å². The molecule has 94 valence electrons. The zero-order chi connectivity index (χ0) is 12.6. The second-order valence-electron chi connectivity index (χ2n) is 5.11. The van der Waals surface area contributed by atoms with E-state index < -0.39 is 0 Å². The molecule has 0 bridgehead atoms. The van der Waals surface area contributed by atoms with Gasteiger partial charge in [0.05, 0.1) is 12.5 Å². The number of hydrogen-bond donors (Lipinski definition) is 0. The molecule has 3 heteroatoms. The number of Topliss-reactive ketones (excluding diaryl/α,β-unsaturated/α-hetero) is 1. The summed E-state index contributed by atoms with van der Waals surface area (Å²) in [4.78, 5) is 23.3. The van der Waals surface area contributed by atoms with E-state index in [1.165, 1.54) is 11.1 Å². The Morgan fingerprint density at radius 2 is 2.12 bits per heavy atom. The van der Waals surface area contributed by atoms with Crippen LogP contribution < -0.4 is 0 Å². The average molecular weight is 236 g/mol. The number of hydrogen-bond acceptors (Lipinski definition) is 3. The first-order chi connectivity index (χ1) is 8.06. The largest absolute Gasteiger partial charge is 0.466 e. The summed E-state index contributed by atoms with van der Waals surface area (Å²) in [7, 11) is 0. The van der Waals surface area contributed by atoms with Gasteiger partial charge in [-0.3, -0.25) is 9.59 Å². The molecule has 2 aliphatic carbocycles. The van der Waals surface area contributed by atoms with Crippen LogP contribution in [0, 0.1) is 17.8 Å². The van der Waals surface area contributed by atoms with Crippen LogP contribution in [-0.4, -0.2) is 18.4 Å². The Morgan fingerprint density at radius 1 is 1.41 bits per heavy atom. The second-order valence-corrected chi connectivity index (χ2v) is 5.11. The molecule has 2 aliphatic rings.